The van der Waals surface area contributed by atoms with Gasteiger partial charge < -0.3 is 4.98 Å². The Morgan fingerprint density at radius 1 is 1.30 bits per heavy atom. The van der Waals surface area contributed by atoms with Gasteiger partial charge in [0.25, 0.3) is 0 Å². The van der Waals surface area contributed by atoms with Crippen LogP contribution in [-0.4, -0.2) is 19.7 Å². The van der Waals surface area contributed by atoms with Gasteiger partial charge in [0.05, 0.1) is 5.69 Å². The number of nitrogens with one attached hydrogen (secondary N) is 1. The van der Waals surface area contributed by atoms with Gasteiger partial charge in [0, 0.05) is 36.9 Å². The fraction of sp³-hybridized carbons (Fsp3) is 0.375. The number of hydrogen-bond acceptors (Lipinski definition) is 2. The van der Waals surface area contributed by atoms with E-state index in [4.69, 9.17) is 0 Å². The Morgan fingerprint density at radius 2 is 2.10 bits per heavy atom. The maximum atomic E-state index is 4.60. The van der Waals surface area contributed by atoms with Gasteiger partial charge in [0.15, 0.2) is 0 Å². The summed E-state index contributed by atoms with van der Waals surface area (Å²) in [7, 11) is 2.03. The van der Waals surface area contributed by atoms with Gasteiger partial charge >= 0.3 is 0 Å². The first-order valence-electron chi connectivity index (χ1n) is 7.04. The van der Waals surface area contributed by atoms with E-state index in [2.05, 4.69) is 48.1 Å². The molecule has 0 bridgehead atoms. The Bertz CT molecular complexity index is 764. The minimum absolute atomic E-state index is 0.889. The van der Waals surface area contributed by atoms with Crippen LogP contribution in [0.5, 0.6) is 0 Å². The molecule has 0 aliphatic heterocycles. The van der Waals surface area contributed by atoms with Gasteiger partial charge in [0.2, 0.25) is 0 Å². The Kier molecular flexibility index (Phi) is 3.08. The lowest BCUT2D eigenvalue weighted by Crippen LogP contribution is -2.00. The molecule has 4 nitrogen and oxygen atoms in total. The molecule has 0 radical (unpaired) electrons. The number of aryl methyl sites for hydroxylation is 3. The fourth-order valence-electron chi connectivity index (χ4n) is 2.80. The molecule has 0 aliphatic rings. The highest BCUT2D eigenvalue weighted by atomic mass is 15.3. The lowest BCUT2D eigenvalue weighted by molar-refractivity contribution is 0.710. The first kappa shape index (κ1) is 12.9. The maximum Gasteiger partial charge on any atom is 0.137 e. The molecule has 0 spiro atoms. The highest BCUT2D eigenvalue weighted by Gasteiger charge is 2.13. The van der Waals surface area contributed by atoms with E-state index < -0.39 is 0 Å². The van der Waals surface area contributed by atoms with Crippen LogP contribution in [0.4, 0.5) is 0 Å². The van der Waals surface area contributed by atoms with Crippen molar-refractivity contribution >= 4 is 11.0 Å². The standard InChI is InChI=1S/C16H20N4/c1-5-14-11(3)15(20(4)19-14)7-12-9-18-16-13(12)6-10(2)8-17-16/h6,8-9H,5,7H2,1-4H3,(H,17,18). The highest BCUT2D eigenvalue weighted by Crippen LogP contribution is 2.23. The van der Waals surface area contributed by atoms with Crippen molar-refractivity contribution in [2.45, 2.75) is 33.6 Å². The van der Waals surface area contributed by atoms with E-state index in [0.29, 0.717) is 0 Å². The van der Waals surface area contributed by atoms with Crippen molar-refractivity contribution in [3.8, 4) is 0 Å². The SMILES string of the molecule is CCc1nn(C)c(Cc2c[nH]c3ncc(C)cc23)c1C. The largest absolute Gasteiger partial charge is 0.346 e. The maximum absolute atomic E-state index is 4.60. The summed E-state index contributed by atoms with van der Waals surface area (Å²) in [6.45, 7) is 6.39. The Hall–Kier alpha value is -2.10. The van der Waals surface area contributed by atoms with Crippen molar-refractivity contribution in [2.75, 3.05) is 0 Å². The number of fused-ring (bicyclic) bond motifs is 1. The number of aromatic amines is 1. The summed E-state index contributed by atoms with van der Waals surface area (Å²) in [5.74, 6) is 0. The molecule has 0 atom stereocenters. The van der Waals surface area contributed by atoms with Crippen molar-refractivity contribution < 1.29 is 0 Å². The predicted molar refractivity (Wildman–Crippen MR) is 81.0 cm³/mol. The van der Waals surface area contributed by atoms with E-state index in [0.717, 1.165) is 18.5 Å². The smallest absolute Gasteiger partial charge is 0.137 e. The first-order chi connectivity index (χ1) is 9.60. The third-order valence-electron chi connectivity index (χ3n) is 3.97. The van der Waals surface area contributed by atoms with E-state index in [1.165, 1.54) is 33.5 Å². The number of nitrogens with zero attached hydrogens (tertiary/aromatic N) is 3. The number of H-pyrrole nitrogens is 1. The molecule has 0 unspecified atom stereocenters. The molecule has 3 heterocycles. The van der Waals surface area contributed by atoms with Crippen molar-refractivity contribution in [1.29, 1.82) is 0 Å². The van der Waals surface area contributed by atoms with Crippen LogP contribution in [0.25, 0.3) is 11.0 Å². The summed E-state index contributed by atoms with van der Waals surface area (Å²) in [5, 5.41) is 5.81. The molecular weight excluding hydrogens is 248 g/mol. The average Bonchev–Trinajstić information content (AvgIpc) is 2.94. The summed E-state index contributed by atoms with van der Waals surface area (Å²) in [5.41, 5.74) is 7.21. The second kappa shape index (κ2) is 4.78. The van der Waals surface area contributed by atoms with Crippen LogP contribution >= 0.6 is 0 Å². The summed E-state index contributed by atoms with van der Waals surface area (Å²) in [6.07, 6.45) is 5.83. The molecule has 0 fully saturated rings. The molecule has 0 saturated heterocycles. The third-order valence-corrected chi connectivity index (χ3v) is 3.97. The van der Waals surface area contributed by atoms with Gasteiger partial charge in [-0.15, -0.1) is 0 Å². The molecule has 0 aliphatic carbocycles. The van der Waals surface area contributed by atoms with Gasteiger partial charge in [0.1, 0.15) is 5.65 Å². The lowest BCUT2D eigenvalue weighted by Gasteiger charge is -2.03. The zero-order valence-electron chi connectivity index (χ0n) is 12.5. The third kappa shape index (κ3) is 2.01. The van der Waals surface area contributed by atoms with Gasteiger partial charge in [-0.25, -0.2) is 4.98 Å². The van der Waals surface area contributed by atoms with E-state index in [1.54, 1.807) is 0 Å². The number of pyridine rings is 1. The Morgan fingerprint density at radius 3 is 2.80 bits per heavy atom. The van der Waals surface area contributed by atoms with Crippen LogP contribution in [0.15, 0.2) is 18.5 Å². The second-order valence-corrected chi connectivity index (χ2v) is 5.40. The minimum Gasteiger partial charge on any atom is -0.346 e. The Balaban J connectivity index is 2.05. The van der Waals surface area contributed by atoms with Crippen LogP contribution in [0.3, 0.4) is 0 Å². The number of aromatic nitrogens is 4. The molecule has 3 rings (SSSR count). The first-order valence-corrected chi connectivity index (χ1v) is 7.04. The molecule has 20 heavy (non-hydrogen) atoms. The number of hydrogen-bond donors (Lipinski definition) is 1. The summed E-state index contributed by atoms with van der Waals surface area (Å²) < 4.78 is 2.01. The molecule has 0 aromatic carbocycles. The van der Waals surface area contributed by atoms with Crippen molar-refractivity contribution in [2.24, 2.45) is 7.05 Å². The molecule has 3 aromatic rings. The van der Waals surface area contributed by atoms with Crippen molar-refractivity contribution in [3.05, 3.63) is 46.5 Å². The van der Waals surface area contributed by atoms with Crippen molar-refractivity contribution in [3.63, 3.8) is 0 Å². The lowest BCUT2D eigenvalue weighted by atomic mass is 10.0. The molecule has 104 valence electrons. The molecular formula is C16H20N4. The van der Waals surface area contributed by atoms with Crippen molar-refractivity contribution in [1.82, 2.24) is 19.7 Å². The van der Waals surface area contributed by atoms with Gasteiger partial charge in [-0.1, -0.05) is 6.92 Å². The quantitative estimate of drug-likeness (QED) is 0.793. The Labute approximate surface area is 118 Å². The zero-order chi connectivity index (χ0) is 14.3. The topological polar surface area (TPSA) is 46.5 Å². The van der Waals surface area contributed by atoms with Crippen LogP contribution in [0, 0.1) is 13.8 Å². The van der Waals surface area contributed by atoms with E-state index >= 15 is 0 Å². The molecule has 4 heteroatoms. The fourth-order valence-corrected chi connectivity index (χ4v) is 2.80. The van der Waals surface area contributed by atoms with Gasteiger partial charge in [-0.3, -0.25) is 4.68 Å². The highest BCUT2D eigenvalue weighted by molar-refractivity contribution is 5.80. The normalized spacial score (nSPS) is 11.4. The monoisotopic (exact) mass is 268 g/mol. The molecule has 3 aromatic heterocycles. The molecule has 1 N–H and O–H groups in total. The summed E-state index contributed by atoms with van der Waals surface area (Å²) in [6, 6.07) is 2.20. The zero-order valence-corrected chi connectivity index (χ0v) is 12.5. The van der Waals surface area contributed by atoms with Crippen LogP contribution in [-0.2, 0) is 19.9 Å². The average molecular weight is 268 g/mol. The van der Waals surface area contributed by atoms with Gasteiger partial charge in [-0.05, 0) is 43.0 Å². The summed E-state index contributed by atoms with van der Waals surface area (Å²) >= 11 is 0. The molecule has 0 saturated carbocycles. The van der Waals surface area contributed by atoms with E-state index in [9.17, 15) is 0 Å². The predicted octanol–water partition coefficient (Wildman–Crippen LogP) is 3.07. The van der Waals surface area contributed by atoms with Crippen LogP contribution in [0.1, 0.15) is 35.0 Å². The summed E-state index contributed by atoms with van der Waals surface area (Å²) in [4.78, 5) is 7.69. The number of rotatable bonds is 3. The minimum atomic E-state index is 0.889. The van der Waals surface area contributed by atoms with E-state index in [-0.39, 0.29) is 0 Å². The van der Waals surface area contributed by atoms with Gasteiger partial charge in [-0.2, -0.15) is 5.10 Å². The van der Waals surface area contributed by atoms with Crippen LogP contribution < -0.4 is 0 Å². The van der Waals surface area contributed by atoms with E-state index in [1.807, 2.05) is 17.9 Å². The van der Waals surface area contributed by atoms with Crippen LogP contribution in [0.2, 0.25) is 0 Å². The molecule has 0 amide bonds. The second-order valence-electron chi connectivity index (χ2n) is 5.40.